The second-order valence-corrected chi connectivity index (χ2v) is 7.06. The zero-order chi connectivity index (χ0) is 21.0. The fraction of sp³-hybridized carbons (Fsp3) is 0.273. The van der Waals surface area contributed by atoms with Crippen LogP contribution >= 0.6 is 0 Å². The van der Waals surface area contributed by atoms with Crippen molar-refractivity contribution >= 4 is 23.7 Å². The molecule has 2 aromatic rings. The van der Waals surface area contributed by atoms with Crippen LogP contribution < -0.4 is 5.32 Å². The molecule has 1 N–H and O–H groups in total. The van der Waals surface area contributed by atoms with Crippen molar-refractivity contribution in [2.45, 2.75) is 32.4 Å². The molecule has 2 aromatic carbocycles. The molecular formula is C22H22N2O5. The fourth-order valence-corrected chi connectivity index (χ4v) is 3.20. The third kappa shape index (κ3) is 4.51. The van der Waals surface area contributed by atoms with Gasteiger partial charge in [-0.25, -0.2) is 4.79 Å². The predicted molar refractivity (Wildman–Crippen MR) is 105 cm³/mol. The number of hydrogen-bond donors (Lipinski definition) is 1. The van der Waals surface area contributed by atoms with E-state index in [0.29, 0.717) is 0 Å². The normalized spacial score (nSPS) is 14.0. The maximum absolute atomic E-state index is 12.8. The van der Waals surface area contributed by atoms with E-state index < -0.39 is 36.3 Å². The number of nitrogens with one attached hydrogen (secondary N) is 1. The van der Waals surface area contributed by atoms with Crippen LogP contribution in [0, 0.1) is 0 Å². The molecule has 0 fully saturated rings. The Morgan fingerprint density at radius 2 is 1.48 bits per heavy atom. The summed E-state index contributed by atoms with van der Waals surface area (Å²) in [6, 6.07) is 14.2. The maximum atomic E-state index is 12.8. The number of carbonyl (C=O) groups is 4. The molecule has 0 saturated carbocycles. The molecule has 0 spiro atoms. The lowest BCUT2D eigenvalue weighted by molar-refractivity contribution is -0.152. The van der Waals surface area contributed by atoms with Crippen LogP contribution in [0.25, 0.3) is 0 Å². The number of nitrogens with zero attached hydrogens (tertiary/aromatic N) is 1. The van der Waals surface area contributed by atoms with Crippen molar-refractivity contribution in [3.63, 3.8) is 0 Å². The number of ether oxygens (including phenoxy) is 1. The highest BCUT2D eigenvalue weighted by Gasteiger charge is 2.43. The van der Waals surface area contributed by atoms with Gasteiger partial charge in [0.1, 0.15) is 6.04 Å². The summed E-state index contributed by atoms with van der Waals surface area (Å²) < 4.78 is 5.15. The first-order valence-electron chi connectivity index (χ1n) is 9.35. The summed E-state index contributed by atoms with van der Waals surface area (Å²) >= 11 is 0. The van der Waals surface area contributed by atoms with Gasteiger partial charge in [0.25, 0.3) is 17.7 Å². The number of benzene rings is 2. The smallest absolute Gasteiger partial charge is 0.330 e. The Balaban J connectivity index is 1.84. The zero-order valence-electron chi connectivity index (χ0n) is 16.3. The minimum atomic E-state index is -1.17. The number of fused-ring (bicyclic) bond motifs is 1. The number of amides is 3. The molecule has 3 rings (SSSR count). The fourth-order valence-electron chi connectivity index (χ4n) is 3.20. The average Bonchev–Trinajstić information content (AvgIpc) is 2.95. The summed E-state index contributed by atoms with van der Waals surface area (Å²) in [5, 5.41) is 2.62. The number of rotatable bonds is 7. The first-order chi connectivity index (χ1) is 13.9. The summed E-state index contributed by atoms with van der Waals surface area (Å²) in [5.74, 6) is -2.35. The Morgan fingerprint density at radius 1 is 0.931 bits per heavy atom. The molecule has 1 aliphatic rings. The van der Waals surface area contributed by atoms with Gasteiger partial charge in [-0.3, -0.25) is 19.3 Å². The van der Waals surface area contributed by atoms with Crippen LogP contribution in [0.4, 0.5) is 0 Å². The molecule has 29 heavy (non-hydrogen) atoms. The van der Waals surface area contributed by atoms with E-state index in [1.165, 1.54) is 0 Å². The first kappa shape index (κ1) is 20.3. The third-order valence-corrected chi connectivity index (χ3v) is 4.48. The molecule has 3 amide bonds. The monoisotopic (exact) mass is 394 g/mol. The Morgan fingerprint density at radius 3 is 2.03 bits per heavy atom. The molecule has 1 aliphatic heterocycles. The van der Waals surface area contributed by atoms with Crippen molar-refractivity contribution in [2.75, 3.05) is 6.61 Å². The van der Waals surface area contributed by atoms with E-state index in [0.717, 1.165) is 10.5 Å². The Labute approximate surface area is 168 Å². The summed E-state index contributed by atoms with van der Waals surface area (Å²) in [5.41, 5.74) is 1.26. The van der Waals surface area contributed by atoms with Gasteiger partial charge in [0.15, 0.2) is 6.61 Å². The topological polar surface area (TPSA) is 92.8 Å². The van der Waals surface area contributed by atoms with Gasteiger partial charge in [-0.05, 0) is 31.5 Å². The average molecular weight is 394 g/mol. The van der Waals surface area contributed by atoms with Crippen LogP contribution in [0.3, 0.4) is 0 Å². The molecule has 0 aromatic heterocycles. The van der Waals surface area contributed by atoms with Crippen molar-refractivity contribution in [1.82, 2.24) is 10.2 Å². The quantitative estimate of drug-likeness (QED) is 0.572. The minimum Gasteiger partial charge on any atom is -0.454 e. The molecule has 7 heteroatoms. The summed E-state index contributed by atoms with van der Waals surface area (Å²) in [4.78, 5) is 51.3. The van der Waals surface area contributed by atoms with Crippen molar-refractivity contribution in [2.24, 2.45) is 0 Å². The molecule has 7 nitrogen and oxygen atoms in total. The van der Waals surface area contributed by atoms with Gasteiger partial charge < -0.3 is 10.1 Å². The van der Waals surface area contributed by atoms with Gasteiger partial charge in [0.05, 0.1) is 11.1 Å². The molecule has 0 unspecified atom stereocenters. The first-order valence-corrected chi connectivity index (χ1v) is 9.35. The largest absolute Gasteiger partial charge is 0.454 e. The Bertz CT molecular complexity index is 904. The third-order valence-electron chi connectivity index (χ3n) is 4.48. The van der Waals surface area contributed by atoms with Crippen LogP contribution in [0.5, 0.6) is 0 Å². The van der Waals surface area contributed by atoms with Gasteiger partial charge in [0.2, 0.25) is 0 Å². The standard InChI is InChI=1S/C22H22N2O5/c1-14(2)23-19(25)13-29-22(28)18(12-15-8-4-3-5-9-15)24-20(26)16-10-6-7-11-17(16)21(24)27/h3-11,14,18H,12-13H2,1-2H3,(H,23,25)/t18-/m0/s1. The van der Waals surface area contributed by atoms with Crippen molar-refractivity contribution in [3.8, 4) is 0 Å². The predicted octanol–water partition coefficient (Wildman–Crippen LogP) is 1.96. The Hall–Kier alpha value is -3.48. The number of imide groups is 1. The van der Waals surface area contributed by atoms with E-state index in [-0.39, 0.29) is 23.6 Å². The lowest BCUT2D eigenvalue weighted by atomic mass is 10.0. The molecule has 0 aliphatic carbocycles. The van der Waals surface area contributed by atoms with Crippen LogP contribution in [0.1, 0.15) is 40.1 Å². The summed E-state index contributed by atoms with van der Waals surface area (Å²) in [6.45, 7) is 3.10. The molecule has 150 valence electrons. The maximum Gasteiger partial charge on any atom is 0.330 e. The van der Waals surface area contributed by atoms with Crippen molar-refractivity contribution < 1.29 is 23.9 Å². The van der Waals surface area contributed by atoms with E-state index in [1.54, 1.807) is 62.4 Å². The molecule has 0 saturated heterocycles. The van der Waals surface area contributed by atoms with E-state index in [4.69, 9.17) is 4.74 Å². The summed E-state index contributed by atoms with van der Waals surface area (Å²) in [7, 11) is 0. The van der Waals surface area contributed by atoms with Crippen molar-refractivity contribution in [1.29, 1.82) is 0 Å². The van der Waals surface area contributed by atoms with E-state index in [9.17, 15) is 19.2 Å². The van der Waals surface area contributed by atoms with E-state index >= 15 is 0 Å². The van der Waals surface area contributed by atoms with Gasteiger partial charge in [-0.2, -0.15) is 0 Å². The van der Waals surface area contributed by atoms with E-state index in [1.807, 2.05) is 6.07 Å². The number of hydrogen-bond acceptors (Lipinski definition) is 5. The van der Waals surface area contributed by atoms with Gasteiger partial charge in [-0.15, -0.1) is 0 Å². The molecule has 0 radical (unpaired) electrons. The lowest BCUT2D eigenvalue weighted by Gasteiger charge is -2.24. The highest BCUT2D eigenvalue weighted by atomic mass is 16.5. The number of esters is 1. The second kappa shape index (κ2) is 8.68. The summed E-state index contributed by atoms with van der Waals surface area (Å²) in [6.07, 6.45) is 0.0942. The lowest BCUT2D eigenvalue weighted by Crippen LogP contribution is -2.47. The van der Waals surface area contributed by atoms with Crippen LogP contribution in [0.15, 0.2) is 54.6 Å². The van der Waals surface area contributed by atoms with E-state index in [2.05, 4.69) is 5.32 Å². The molecule has 1 atom stereocenters. The highest BCUT2D eigenvalue weighted by molar-refractivity contribution is 6.22. The van der Waals surface area contributed by atoms with Crippen LogP contribution in [0.2, 0.25) is 0 Å². The Kier molecular flexibility index (Phi) is 6.07. The van der Waals surface area contributed by atoms with Gasteiger partial charge in [0, 0.05) is 12.5 Å². The highest BCUT2D eigenvalue weighted by Crippen LogP contribution is 2.26. The van der Waals surface area contributed by atoms with Gasteiger partial charge >= 0.3 is 5.97 Å². The van der Waals surface area contributed by atoms with Gasteiger partial charge in [-0.1, -0.05) is 42.5 Å². The minimum absolute atomic E-state index is 0.0942. The zero-order valence-corrected chi connectivity index (χ0v) is 16.3. The SMILES string of the molecule is CC(C)NC(=O)COC(=O)[C@H](Cc1ccccc1)N1C(=O)c2ccccc2C1=O. The molecular weight excluding hydrogens is 372 g/mol. The van der Waals surface area contributed by atoms with Crippen LogP contribution in [-0.2, 0) is 20.7 Å². The molecule has 1 heterocycles. The van der Waals surface area contributed by atoms with Crippen LogP contribution in [-0.4, -0.2) is 47.3 Å². The second-order valence-electron chi connectivity index (χ2n) is 7.06. The van der Waals surface area contributed by atoms with Crippen molar-refractivity contribution in [3.05, 3.63) is 71.3 Å². The molecule has 0 bridgehead atoms. The number of carbonyl (C=O) groups excluding carboxylic acids is 4.